The second kappa shape index (κ2) is 5.02. The lowest BCUT2D eigenvalue weighted by molar-refractivity contribution is -0.150. The van der Waals surface area contributed by atoms with Crippen LogP contribution in [0.5, 0.6) is 0 Å². The van der Waals surface area contributed by atoms with Crippen molar-refractivity contribution in [2.75, 3.05) is 13.2 Å². The molecule has 1 saturated heterocycles. The molecular formula is C12H19FN2O2. The van der Waals surface area contributed by atoms with E-state index in [-0.39, 0.29) is 24.3 Å². The van der Waals surface area contributed by atoms with Gasteiger partial charge in [0.15, 0.2) is 0 Å². The highest BCUT2D eigenvalue weighted by atomic mass is 19.1. The molecular weight excluding hydrogens is 223 g/mol. The Morgan fingerprint density at radius 3 is 2.65 bits per heavy atom. The number of hydrogen-bond donors (Lipinski definition) is 1. The molecule has 0 radical (unpaired) electrons. The molecule has 1 aliphatic heterocycles. The summed E-state index contributed by atoms with van der Waals surface area (Å²) in [7, 11) is 0. The Labute approximate surface area is 101 Å². The zero-order valence-corrected chi connectivity index (χ0v) is 10.1. The molecule has 1 aliphatic carbocycles. The Kier molecular flexibility index (Phi) is 3.64. The average molecular weight is 242 g/mol. The number of hydrogen-bond acceptors (Lipinski definition) is 2. The highest BCUT2D eigenvalue weighted by Crippen LogP contribution is 2.37. The van der Waals surface area contributed by atoms with Crippen LogP contribution in [-0.2, 0) is 9.59 Å². The van der Waals surface area contributed by atoms with Crippen LogP contribution in [0.3, 0.4) is 0 Å². The molecule has 2 unspecified atom stereocenters. The van der Waals surface area contributed by atoms with Gasteiger partial charge in [-0.3, -0.25) is 9.59 Å². The number of carbonyl (C=O) groups is 2. The number of nitrogens with zero attached hydrogens (tertiary/aromatic N) is 1. The maximum atomic E-state index is 12.5. The van der Waals surface area contributed by atoms with E-state index < -0.39 is 18.8 Å². The number of amides is 2. The van der Waals surface area contributed by atoms with Gasteiger partial charge in [-0.15, -0.1) is 0 Å². The first kappa shape index (κ1) is 12.3. The van der Waals surface area contributed by atoms with Crippen LogP contribution in [0.1, 0.15) is 32.6 Å². The summed E-state index contributed by atoms with van der Waals surface area (Å²) < 4.78 is 12.5. The van der Waals surface area contributed by atoms with E-state index in [0.717, 1.165) is 19.3 Å². The van der Waals surface area contributed by atoms with Crippen LogP contribution in [0.25, 0.3) is 0 Å². The minimum Gasteiger partial charge on any atom is -0.342 e. The summed E-state index contributed by atoms with van der Waals surface area (Å²) in [6, 6.07) is -0.875. The number of alkyl halides is 1. The van der Waals surface area contributed by atoms with E-state index in [0.29, 0.717) is 6.42 Å². The quantitative estimate of drug-likeness (QED) is 0.777. The number of halogens is 1. The molecule has 2 atom stereocenters. The molecule has 0 aromatic heterocycles. The van der Waals surface area contributed by atoms with Crippen molar-refractivity contribution in [1.82, 2.24) is 10.2 Å². The van der Waals surface area contributed by atoms with Gasteiger partial charge < -0.3 is 10.2 Å². The van der Waals surface area contributed by atoms with Crippen LogP contribution in [0.4, 0.5) is 4.39 Å². The fraction of sp³-hybridized carbons (Fsp3) is 0.833. The van der Waals surface area contributed by atoms with Crippen LogP contribution in [-0.4, -0.2) is 42.0 Å². The molecule has 0 bridgehead atoms. The smallest absolute Gasteiger partial charge is 0.245 e. The van der Waals surface area contributed by atoms with Gasteiger partial charge in [0.1, 0.15) is 18.8 Å². The van der Waals surface area contributed by atoms with E-state index in [4.69, 9.17) is 0 Å². The van der Waals surface area contributed by atoms with E-state index in [9.17, 15) is 14.0 Å². The first-order valence-corrected chi connectivity index (χ1v) is 6.35. The molecule has 0 spiro atoms. The monoisotopic (exact) mass is 242 g/mol. The lowest BCUT2D eigenvalue weighted by atomic mass is 10.0. The van der Waals surface area contributed by atoms with Crippen LogP contribution in [0, 0.1) is 5.92 Å². The topological polar surface area (TPSA) is 49.4 Å². The Hall–Kier alpha value is -1.13. The molecule has 2 aliphatic rings. The second-order valence-corrected chi connectivity index (χ2v) is 4.85. The number of carbonyl (C=O) groups excluding carboxylic acids is 2. The van der Waals surface area contributed by atoms with E-state index in [1.165, 1.54) is 4.90 Å². The van der Waals surface area contributed by atoms with E-state index >= 15 is 0 Å². The molecule has 1 N–H and O–H groups in total. The Balaban J connectivity index is 2.13. The molecule has 4 nitrogen and oxygen atoms in total. The Morgan fingerprint density at radius 2 is 2.12 bits per heavy atom. The van der Waals surface area contributed by atoms with Crippen molar-refractivity contribution in [2.45, 2.75) is 44.7 Å². The lowest BCUT2D eigenvalue weighted by Gasteiger charge is -2.38. The number of rotatable bonds is 5. The third kappa shape index (κ3) is 2.42. The maximum Gasteiger partial charge on any atom is 0.245 e. The molecule has 2 rings (SSSR count). The number of nitrogens with one attached hydrogen (secondary N) is 1. The van der Waals surface area contributed by atoms with E-state index in [2.05, 4.69) is 5.32 Å². The molecule has 0 aromatic carbocycles. The zero-order valence-electron chi connectivity index (χ0n) is 10.1. The van der Waals surface area contributed by atoms with Gasteiger partial charge in [-0.05, 0) is 25.2 Å². The summed E-state index contributed by atoms with van der Waals surface area (Å²) in [5.41, 5.74) is 0. The van der Waals surface area contributed by atoms with E-state index in [1.54, 1.807) is 0 Å². The van der Waals surface area contributed by atoms with Crippen molar-refractivity contribution in [3.63, 3.8) is 0 Å². The van der Waals surface area contributed by atoms with Crippen LogP contribution < -0.4 is 5.32 Å². The van der Waals surface area contributed by atoms with Gasteiger partial charge in [-0.1, -0.05) is 13.3 Å². The van der Waals surface area contributed by atoms with Gasteiger partial charge in [-0.2, -0.15) is 0 Å². The summed E-state index contributed by atoms with van der Waals surface area (Å²) in [5, 5.41) is 2.77. The van der Waals surface area contributed by atoms with Crippen molar-refractivity contribution in [2.24, 2.45) is 5.92 Å². The van der Waals surface area contributed by atoms with Gasteiger partial charge in [0, 0.05) is 6.54 Å². The van der Waals surface area contributed by atoms with Crippen LogP contribution in [0.15, 0.2) is 0 Å². The van der Waals surface area contributed by atoms with Crippen molar-refractivity contribution in [1.29, 1.82) is 0 Å². The molecule has 1 saturated carbocycles. The predicted molar refractivity (Wildman–Crippen MR) is 61.0 cm³/mol. The minimum absolute atomic E-state index is 0.0492. The largest absolute Gasteiger partial charge is 0.342 e. The van der Waals surface area contributed by atoms with Crippen molar-refractivity contribution in [3.05, 3.63) is 0 Å². The second-order valence-electron chi connectivity index (χ2n) is 4.85. The predicted octanol–water partition coefficient (Wildman–Crippen LogP) is 0.862. The zero-order chi connectivity index (χ0) is 12.4. The lowest BCUT2D eigenvalue weighted by Crippen LogP contribution is -2.64. The molecule has 5 heteroatoms. The first-order chi connectivity index (χ1) is 8.19. The van der Waals surface area contributed by atoms with Gasteiger partial charge in [0.05, 0.1) is 0 Å². The molecule has 96 valence electrons. The van der Waals surface area contributed by atoms with Gasteiger partial charge in [-0.25, -0.2) is 4.39 Å². The molecule has 1 heterocycles. The third-order valence-corrected chi connectivity index (χ3v) is 3.47. The SMILES string of the molecule is CCCC1NC(=O)C(C2CC2)N(CCF)C1=O. The van der Waals surface area contributed by atoms with Gasteiger partial charge in [0.25, 0.3) is 0 Å². The highest BCUT2D eigenvalue weighted by Gasteiger charge is 2.47. The van der Waals surface area contributed by atoms with Crippen molar-refractivity contribution >= 4 is 11.8 Å². The fourth-order valence-electron chi connectivity index (χ4n) is 2.50. The summed E-state index contributed by atoms with van der Waals surface area (Å²) in [5.74, 6) is 0.0353. The first-order valence-electron chi connectivity index (χ1n) is 6.35. The summed E-state index contributed by atoms with van der Waals surface area (Å²) >= 11 is 0. The number of piperazine rings is 1. The normalized spacial score (nSPS) is 29.4. The minimum atomic E-state index is -0.582. The third-order valence-electron chi connectivity index (χ3n) is 3.47. The van der Waals surface area contributed by atoms with Crippen molar-refractivity contribution < 1.29 is 14.0 Å². The van der Waals surface area contributed by atoms with Gasteiger partial charge >= 0.3 is 0 Å². The highest BCUT2D eigenvalue weighted by molar-refractivity contribution is 5.97. The summed E-state index contributed by atoms with van der Waals surface area (Å²) in [4.78, 5) is 25.6. The van der Waals surface area contributed by atoms with E-state index in [1.807, 2.05) is 6.92 Å². The maximum absolute atomic E-state index is 12.5. The summed E-state index contributed by atoms with van der Waals surface area (Å²) in [6.45, 7) is 1.43. The van der Waals surface area contributed by atoms with Crippen LogP contribution in [0.2, 0.25) is 0 Å². The average Bonchev–Trinajstić information content (AvgIpc) is 3.10. The standard InChI is InChI=1S/C12H19FN2O2/c1-2-3-9-12(17)15(7-6-13)10(8-4-5-8)11(16)14-9/h8-10H,2-7H2,1H3,(H,14,16). The Morgan fingerprint density at radius 1 is 1.41 bits per heavy atom. The van der Waals surface area contributed by atoms with Gasteiger partial charge in [0.2, 0.25) is 11.8 Å². The molecule has 2 fully saturated rings. The van der Waals surface area contributed by atoms with Crippen LogP contribution >= 0.6 is 0 Å². The van der Waals surface area contributed by atoms with Crippen molar-refractivity contribution in [3.8, 4) is 0 Å². The molecule has 17 heavy (non-hydrogen) atoms. The molecule has 2 amide bonds. The molecule has 0 aromatic rings. The fourth-order valence-corrected chi connectivity index (χ4v) is 2.50. The Bertz CT molecular complexity index is 318. The summed E-state index contributed by atoms with van der Waals surface area (Å²) in [6.07, 6.45) is 3.39.